The third kappa shape index (κ3) is 2.25. The van der Waals surface area contributed by atoms with Crippen LogP contribution in [0.4, 0.5) is 5.82 Å². The molecule has 0 amide bonds. The molecule has 1 aliphatic carbocycles. The van der Waals surface area contributed by atoms with Crippen molar-refractivity contribution in [2.75, 3.05) is 5.73 Å². The minimum Gasteiger partial charge on any atom is -0.383 e. The molecular weight excluding hydrogens is 272 g/mol. The van der Waals surface area contributed by atoms with E-state index >= 15 is 0 Å². The third-order valence-corrected chi connectivity index (χ3v) is 4.75. The minimum atomic E-state index is 0.639. The van der Waals surface area contributed by atoms with Gasteiger partial charge in [0.15, 0.2) is 5.65 Å². The van der Waals surface area contributed by atoms with Gasteiger partial charge in [0.2, 0.25) is 0 Å². The largest absolute Gasteiger partial charge is 0.383 e. The van der Waals surface area contributed by atoms with Crippen LogP contribution >= 0.6 is 0 Å². The van der Waals surface area contributed by atoms with Crippen molar-refractivity contribution in [2.24, 2.45) is 0 Å². The first kappa shape index (κ1) is 13.3. The molecule has 4 heteroatoms. The lowest BCUT2D eigenvalue weighted by atomic mass is 9.84. The SMILES string of the molecule is Nc1c(-c2ccc(C3CCCCC3)cc2)cnc2ccnn12. The summed E-state index contributed by atoms with van der Waals surface area (Å²) in [4.78, 5) is 4.41. The fourth-order valence-corrected chi connectivity index (χ4v) is 3.48. The number of nitrogen functional groups attached to an aromatic ring is 1. The molecule has 0 atom stereocenters. The van der Waals surface area contributed by atoms with Gasteiger partial charge in [-0.3, -0.25) is 0 Å². The standard InChI is InChI=1S/C18H20N4/c19-18-16(12-20-17-10-11-21-22(17)18)15-8-6-14(7-9-15)13-4-2-1-3-5-13/h6-13H,1-5,19H2. The van der Waals surface area contributed by atoms with Gasteiger partial charge in [-0.15, -0.1) is 0 Å². The topological polar surface area (TPSA) is 56.2 Å². The van der Waals surface area contributed by atoms with Crippen LogP contribution in [0.5, 0.6) is 0 Å². The number of aromatic nitrogens is 3. The van der Waals surface area contributed by atoms with Gasteiger partial charge in [0.25, 0.3) is 0 Å². The van der Waals surface area contributed by atoms with Crippen LogP contribution in [0.2, 0.25) is 0 Å². The van der Waals surface area contributed by atoms with Crippen molar-refractivity contribution in [3.63, 3.8) is 0 Å². The molecule has 2 aromatic heterocycles. The predicted octanol–water partition coefficient (Wildman–Crippen LogP) is 4.03. The summed E-state index contributed by atoms with van der Waals surface area (Å²) >= 11 is 0. The fraction of sp³-hybridized carbons (Fsp3) is 0.333. The van der Waals surface area contributed by atoms with Gasteiger partial charge >= 0.3 is 0 Å². The summed E-state index contributed by atoms with van der Waals surface area (Å²) in [5, 5.41) is 4.22. The Morgan fingerprint density at radius 2 is 1.77 bits per heavy atom. The van der Waals surface area contributed by atoms with Crippen LogP contribution in [0, 0.1) is 0 Å². The first-order valence-corrected chi connectivity index (χ1v) is 8.01. The molecule has 2 N–H and O–H groups in total. The van der Waals surface area contributed by atoms with Crippen LogP contribution in [0.3, 0.4) is 0 Å². The molecule has 2 heterocycles. The summed E-state index contributed by atoms with van der Waals surface area (Å²) in [5.74, 6) is 1.37. The molecule has 22 heavy (non-hydrogen) atoms. The highest BCUT2D eigenvalue weighted by atomic mass is 15.3. The number of nitrogens with two attached hydrogens (primary N) is 1. The zero-order chi connectivity index (χ0) is 14.9. The molecule has 0 aliphatic heterocycles. The van der Waals surface area contributed by atoms with E-state index in [0.717, 1.165) is 22.7 Å². The van der Waals surface area contributed by atoms with E-state index in [4.69, 9.17) is 5.73 Å². The lowest BCUT2D eigenvalue weighted by Crippen LogP contribution is -2.05. The summed E-state index contributed by atoms with van der Waals surface area (Å²) in [5.41, 5.74) is 10.5. The second kappa shape index (κ2) is 5.44. The molecule has 1 saturated carbocycles. The van der Waals surface area contributed by atoms with E-state index in [9.17, 15) is 0 Å². The Bertz CT molecular complexity index is 782. The second-order valence-electron chi connectivity index (χ2n) is 6.12. The minimum absolute atomic E-state index is 0.639. The normalized spacial score (nSPS) is 16.2. The van der Waals surface area contributed by atoms with Crippen molar-refractivity contribution in [3.8, 4) is 11.1 Å². The first-order chi connectivity index (χ1) is 10.8. The lowest BCUT2D eigenvalue weighted by Gasteiger charge is -2.22. The van der Waals surface area contributed by atoms with Crippen LogP contribution in [-0.4, -0.2) is 14.6 Å². The van der Waals surface area contributed by atoms with Gasteiger partial charge in [-0.1, -0.05) is 43.5 Å². The second-order valence-corrected chi connectivity index (χ2v) is 6.12. The molecule has 1 aliphatic rings. The van der Waals surface area contributed by atoms with E-state index in [0.29, 0.717) is 5.82 Å². The Labute approximate surface area is 130 Å². The Hall–Kier alpha value is -2.36. The van der Waals surface area contributed by atoms with Crippen molar-refractivity contribution >= 4 is 11.5 Å². The maximum absolute atomic E-state index is 6.24. The van der Waals surface area contributed by atoms with E-state index in [2.05, 4.69) is 34.3 Å². The molecule has 1 aromatic carbocycles. The highest BCUT2D eigenvalue weighted by molar-refractivity contribution is 5.75. The molecule has 0 bridgehead atoms. The third-order valence-electron chi connectivity index (χ3n) is 4.75. The summed E-state index contributed by atoms with van der Waals surface area (Å²) in [7, 11) is 0. The average molecular weight is 292 g/mol. The van der Waals surface area contributed by atoms with Crippen LogP contribution < -0.4 is 5.73 Å². The van der Waals surface area contributed by atoms with Crippen molar-refractivity contribution in [3.05, 3.63) is 48.3 Å². The Morgan fingerprint density at radius 1 is 1.00 bits per heavy atom. The van der Waals surface area contributed by atoms with Crippen molar-refractivity contribution in [2.45, 2.75) is 38.0 Å². The Kier molecular flexibility index (Phi) is 3.29. The zero-order valence-electron chi connectivity index (χ0n) is 12.6. The van der Waals surface area contributed by atoms with E-state index < -0.39 is 0 Å². The van der Waals surface area contributed by atoms with E-state index in [-0.39, 0.29) is 0 Å². The molecule has 0 radical (unpaired) electrons. The molecule has 0 spiro atoms. The quantitative estimate of drug-likeness (QED) is 0.776. The van der Waals surface area contributed by atoms with E-state index in [1.165, 1.54) is 37.7 Å². The number of hydrogen-bond donors (Lipinski definition) is 1. The first-order valence-electron chi connectivity index (χ1n) is 8.01. The summed E-state index contributed by atoms with van der Waals surface area (Å²) in [6.07, 6.45) is 10.3. The number of fused-ring (bicyclic) bond motifs is 1. The monoisotopic (exact) mass is 292 g/mol. The number of rotatable bonds is 2. The predicted molar refractivity (Wildman–Crippen MR) is 88.7 cm³/mol. The van der Waals surface area contributed by atoms with E-state index in [1.807, 2.05) is 12.3 Å². The molecule has 3 aromatic rings. The summed E-state index contributed by atoms with van der Waals surface area (Å²) in [6.45, 7) is 0. The molecule has 112 valence electrons. The molecule has 1 fully saturated rings. The maximum Gasteiger partial charge on any atom is 0.157 e. The van der Waals surface area contributed by atoms with Crippen molar-refractivity contribution in [1.82, 2.24) is 14.6 Å². The van der Waals surface area contributed by atoms with Gasteiger partial charge in [0.1, 0.15) is 5.82 Å². The molecule has 0 saturated heterocycles. The average Bonchev–Trinajstić information content (AvgIpc) is 3.06. The number of hydrogen-bond acceptors (Lipinski definition) is 3. The highest BCUT2D eigenvalue weighted by Crippen LogP contribution is 2.34. The summed E-state index contributed by atoms with van der Waals surface area (Å²) < 4.78 is 1.68. The molecule has 4 rings (SSSR count). The fourth-order valence-electron chi connectivity index (χ4n) is 3.48. The smallest absolute Gasteiger partial charge is 0.157 e. The van der Waals surface area contributed by atoms with Gasteiger partial charge in [0.05, 0.1) is 6.20 Å². The maximum atomic E-state index is 6.24. The number of nitrogens with zero attached hydrogens (tertiary/aromatic N) is 3. The van der Waals surface area contributed by atoms with Crippen LogP contribution in [-0.2, 0) is 0 Å². The van der Waals surface area contributed by atoms with Gasteiger partial charge in [-0.25, -0.2) is 4.98 Å². The molecular formula is C18H20N4. The van der Waals surface area contributed by atoms with E-state index in [1.54, 1.807) is 10.7 Å². The van der Waals surface area contributed by atoms with Crippen molar-refractivity contribution < 1.29 is 0 Å². The highest BCUT2D eigenvalue weighted by Gasteiger charge is 2.16. The number of benzene rings is 1. The Balaban J connectivity index is 1.68. The van der Waals surface area contributed by atoms with Crippen LogP contribution in [0.1, 0.15) is 43.6 Å². The van der Waals surface area contributed by atoms with Crippen molar-refractivity contribution in [1.29, 1.82) is 0 Å². The van der Waals surface area contributed by atoms with Gasteiger partial charge in [0, 0.05) is 17.8 Å². The zero-order valence-corrected chi connectivity index (χ0v) is 12.6. The van der Waals surface area contributed by atoms with Gasteiger partial charge in [-0.05, 0) is 29.9 Å². The number of anilines is 1. The molecule has 4 nitrogen and oxygen atoms in total. The summed E-state index contributed by atoms with van der Waals surface area (Å²) in [6, 6.07) is 10.7. The van der Waals surface area contributed by atoms with Gasteiger partial charge < -0.3 is 5.73 Å². The van der Waals surface area contributed by atoms with Crippen LogP contribution in [0.25, 0.3) is 16.8 Å². The molecule has 0 unspecified atom stereocenters. The Morgan fingerprint density at radius 3 is 2.55 bits per heavy atom. The van der Waals surface area contributed by atoms with Gasteiger partial charge in [-0.2, -0.15) is 9.61 Å². The van der Waals surface area contributed by atoms with Crippen LogP contribution in [0.15, 0.2) is 42.7 Å². The lowest BCUT2D eigenvalue weighted by molar-refractivity contribution is 0.443.